The molecule has 0 spiro atoms. The quantitative estimate of drug-likeness (QED) is 0.146. The van der Waals surface area contributed by atoms with Crippen LogP contribution in [0.1, 0.15) is 77.6 Å². The molecule has 0 aliphatic rings. The predicted molar refractivity (Wildman–Crippen MR) is 123 cm³/mol. The SMILES string of the molecule is CCCCCCCC/C=C\CCCCC(OC)(OC)C(OC)(OC)C(OC)(OC)C(=O)O. The fourth-order valence-electron chi connectivity index (χ4n) is 4.20. The Hall–Kier alpha value is -1.03. The second-order valence-electron chi connectivity index (χ2n) is 7.79. The van der Waals surface area contributed by atoms with Crippen LogP contribution in [0.15, 0.2) is 12.2 Å². The van der Waals surface area contributed by atoms with Gasteiger partial charge in [0.2, 0.25) is 5.79 Å². The highest BCUT2D eigenvalue weighted by Crippen LogP contribution is 2.45. The summed E-state index contributed by atoms with van der Waals surface area (Å²) in [5, 5.41) is 9.92. The van der Waals surface area contributed by atoms with Crippen LogP contribution in [0.4, 0.5) is 0 Å². The number of ether oxygens (including phenoxy) is 6. The second kappa shape index (κ2) is 16.6. The first kappa shape index (κ1) is 31.0. The Bertz CT molecular complexity index is 508. The van der Waals surface area contributed by atoms with Crippen LogP contribution in [-0.2, 0) is 33.2 Å². The zero-order valence-corrected chi connectivity index (χ0v) is 21.2. The molecule has 8 nitrogen and oxygen atoms in total. The first-order chi connectivity index (χ1) is 15.4. The van der Waals surface area contributed by atoms with Crippen LogP contribution < -0.4 is 0 Å². The summed E-state index contributed by atoms with van der Waals surface area (Å²) < 4.78 is 33.1. The molecule has 0 fully saturated rings. The molecule has 0 saturated heterocycles. The van der Waals surface area contributed by atoms with Gasteiger partial charge < -0.3 is 33.5 Å². The van der Waals surface area contributed by atoms with Gasteiger partial charge in [-0.15, -0.1) is 0 Å². The molecular weight excluding hydrogens is 416 g/mol. The minimum atomic E-state index is -2.32. The van der Waals surface area contributed by atoms with E-state index in [1.165, 1.54) is 81.2 Å². The van der Waals surface area contributed by atoms with Crippen molar-refractivity contribution in [3.8, 4) is 0 Å². The van der Waals surface area contributed by atoms with Crippen LogP contribution in [0.3, 0.4) is 0 Å². The number of rotatable bonds is 21. The van der Waals surface area contributed by atoms with E-state index in [2.05, 4.69) is 19.1 Å². The molecule has 1 N–H and O–H groups in total. The van der Waals surface area contributed by atoms with Gasteiger partial charge in [-0.2, -0.15) is 0 Å². The van der Waals surface area contributed by atoms with Crippen molar-refractivity contribution in [2.75, 3.05) is 42.7 Å². The van der Waals surface area contributed by atoms with E-state index < -0.39 is 23.3 Å². The molecule has 0 bridgehead atoms. The van der Waals surface area contributed by atoms with Crippen molar-refractivity contribution in [3.05, 3.63) is 12.2 Å². The van der Waals surface area contributed by atoms with E-state index in [1.54, 1.807) is 0 Å². The van der Waals surface area contributed by atoms with Gasteiger partial charge in [-0.3, -0.25) is 0 Å². The molecule has 190 valence electrons. The fraction of sp³-hybridized carbons (Fsp3) is 0.875. The van der Waals surface area contributed by atoms with E-state index in [0.717, 1.165) is 19.3 Å². The van der Waals surface area contributed by atoms with E-state index in [1.807, 2.05) is 0 Å². The Labute approximate surface area is 194 Å². The molecule has 0 radical (unpaired) electrons. The first-order valence-corrected chi connectivity index (χ1v) is 11.6. The lowest BCUT2D eigenvalue weighted by Crippen LogP contribution is -2.75. The predicted octanol–water partition coefficient (Wildman–Crippen LogP) is 4.91. The average molecular weight is 463 g/mol. The summed E-state index contributed by atoms with van der Waals surface area (Å²) in [6, 6.07) is 0. The topological polar surface area (TPSA) is 92.7 Å². The van der Waals surface area contributed by atoms with Gasteiger partial charge in [0, 0.05) is 49.1 Å². The summed E-state index contributed by atoms with van der Waals surface area (Å²) in [4.78, 5) is 12.2. The molecule has 32 heavy (non-hydrogen) atoms. The van der Waals surface area contributed by atoms with E-state index in [4.69, 9.17) is 28.4 Å². The summed E-state index contributed by atoms with van der Waals surface area (Å²) in [5.74, 6) is -7.38. The van der Waals surface area contributed by atoms with Gasteiger partial charge in [0.15, 0.2) is 0 Å². The summed E-state index contributed by atoms with van der Waals surface area (Å²) in [5.41, 5.74) is 0. The summed E-state index contributed by atoms with van der Waals surface area (Å²) in [6.07, 6.45) is 16.1. The maximum Gasteiger partial charge on any atom is 0.370 e. The van der Waals surface area contributed by atoms with Crippen LogP contribution in [0, 0.1) is 0 Å². The van der Waals surface area contributed by atoms with E-state index in [0.29, 0.717) is 12.8 Å². The van der Waals surface area contributed by atoms with Gasteiger partial charge in [0.1, 0.15) is 0 Å². The highest BCUT2D eigenvalue weighted by Gasteiger charge is 2.72. The number of carboxylic acid groups (broad SMARTS) is 1. The Morgan fingerprint density at radius 1 is 0.688 bits per heavy atom. The van der Waals surface area contributed by atoms with E-state index in [9.17, 15) is 9.90 Å². The monoisotopic (exact) mass is 462 g/mol. The third kappa shape index (κ3) is 7.23. The summed E-state index contributed by atoms with van der Waals surface area (Å²) >= 11 is 0. The summed E-state index contributed by atoms with van der Waals surface area (Å²) in [6.45, 7) is 2.23. The Morgan fingerprint density at radius 3 is 1.56 bits per heavy atom. The molecule has 0 heterocycles. The molecule has 0 aromatic carbocycles. The van der Waals surface area contributed by atoms with Crippen molar-refractivity contribution >= 4 is 5.97 Å². The molecule has 0 saturated carbocycles. The first-order valence-electron chi connectivity index (χ1n) is 11.6. The van der Waals surface area contributed by atoms with Crippen molar-refractivity contribution in [3.63, 3.8) is 0 Å². The maximum atomic E-state index is 12.2. The maximum absolute atomic E-state index is 12.2. The minimum Gasteiger partial charge on any atom is -0.477 e. The number of carbonyl (C=O) groups is 1. The van der Waals surface area contributed by atoms with Crippen molar-refractivity contribution in [2.24, 2.45) is 0 Å². The number of methoxy groups -OCH3 is 6. The molecule has 0 atom stereocenters. The molecule has 0 aromatic heterocycles. The molecule has 0 aliphatic heterocycles. The number of unbranched alkanes of at least 4 members (excludes halogenated alkanes) is 8. The van der Waals surface area contributed by atoms with Crippen LogP contribution in [0.2, 0.25) is 0 Å². The molecule has 0 aliphatic carbocycles. The Morgan fingerprint density at radius 2 is 1.16 bits per heavy atom. The van der Waals surface area contributed by atoms with Crippen LogP contribution >= 0.6 is 0 Å². The zero-order valence-electron chi connectivity index (χ0n) is 21.2. The van der Waals surface area contributed by atoms with Gasteiger partial charge in [-0.25, -0.2) is 4.79 Å². The molecule has 0 rings (SSSR count). The van der Waals surface area contributed by atoms with Gasteiger partial charge >= 0.3 is 11.8 Å². The lowest BCUT2D eigenvalue weighted by molar-refractivity contribution is -0.467. The van der Waals surface area contributed by atoms with Crippen molar-refractivity contribution in [1.82, 2.24) is 0 Å². The second-order valence-corrected chi connectivity index (χ2v) is 7.79. The van der Waals surface area contributed by atoms with E-state index in [-0.39, 0.29) is 0 Å². The average Bonchev–Trinajstić information content (AvgIpc) is 2.81. The number of aliphatic carboxylic acids is 1. The summed E-state index contributed by atoms with van der Waals surface area (Å²) in [7, 11) is 7.83. The third-order valence-electron chi connectivity index (χ3n) is 6.04. The van der Waals surface area contributed by atoms with Crippen molar-refractivity contribution in [1.29, 1.82) is 0 Å². The van der Waals surface area contributed by atoms with Crippen molar-refractivity contribution < 1.29 is 38.3 Å². The van der Waals surface area contributed by atoms with Crippen LogP contribution in [-0.4, -0.2) is 71.1 Å². The number of hydrogen-bond acceptors (Lipinski definition) is 7. The van der Waals surface area contributed by atoms with Gasteiger partial charge in [0.25, 0.3) is 5.79 Å². The lowest BCUT2D eigenvalue weighted by Gasteiger charge is -2.51. The third-order valence-corrected chi connectivity index (χ3v) is 6.04. The largest absolute Gasteiger partial charge is 0.477 e. The van der Waals surface area contributed by atoms with E-state index >= 15 is 0 Å². The highest BCUT2D eigenvalue weighted by atomic mass is 16.8. The Balaban J connectivity index is 5.04. The normalized spacial score (nSPS) is 13.2. The van der Waals surface area contributed by atoms with Crippen LogP contribution in [0.25, 0.3) is 0 Å². The standard InChI is InChI=1S/C24H46O8/c1-8-9-10-11-12-13-14-15-16-17-18-19-20-22(27-2,28-3)24(31-6,32-7)23(29-4,30-5)21(25)26/h15-16H,8-14,17-20H2,1-7H3,(H,25,26)/b16-15-. The molecule has 0 amide bonds. The molecular formula is C24H46O8. The Kier molecular flexibility index (Phi) is 16.0. The zero-order chi connectivity index (χ0) is 24.5. The molecule has 0 aromatic rings. The van der Waals surface area contributed by atoms with Gasteiger partial charge in [0.05, 0.1) is 0 Å². The van der Waals surface area contributed by atoms with Crippen molar-refractivity contribution in [2.45, 2.75) is 94.9 Å². The lowest BCUT2D eigenvalue weighted by atomic mass is 9.90. The highest BCUT2D eigenvalue weighted by molar-refractivity contribution is 5.77. The number of allylic oxidation sites excluding steroid dienone is 2. The van der Waals surface area contributed by atoms with Crippen LogP contribution in [0.5, 0.6) is 0 Å². The number of hydrogen-bond donors (Lipinski definition) is 1. The van der Waals surface area contributed by atoms with Gasteiger partial charge in [-0.05, 0) is 32.1 Å². The molecule has 8 heteroatoms. The van der Waals surface area contributed by atoms with Gasteiger partial charge in [-0.1, -0.05) is 51.2 Å². The minimum absolute atomic E-state index is 0.300. The smallest absolute Gasteiger partial charge is 0.370 e. The fourth-order valence-corrected chi connectivity index (χ4v) is 4.20. The molecule has 0 unspecified atom stereocenters. The number of carboxylic acids is 1.